The van der Waals surface area contributed by atoms with Crippen molar-refractivity contribution in [1.82, 2.24) is 4.90 Å². The van der Waals surface area contributed by atoms with E-state index < -0.39 is 0 Å². The van der Waals surface area contributed by atoms with E-state index in [9.17, 15) is 14.9 Å². The van der Waals surface area contributed by atoms with Gasteiger partial charge >= 0.3 is 0 Å². The van der Waals surface area contributed by atoms with Gasteiger partial charge in [-0.3, -0.25) is 14.9 Å². The van der Waals surface area contributed by atoms with Gasteiger partial charge in [0.25, 0.3) is 5.69 Å². The number of hydrogen-bond acceptors (Lipinski definition) is 5. The van der Waals surface area contributed by atoms with Crippen LogP contribution in [0.25, 0.3) is 0 Å². The van der Waals surface area contributed by atoms with E-state index >= 15 is 0 Å². The lowest BCUT2D eigenvalue weighted by Crippen LogP contribution is -2.36. The lowest BCUT2D eigenvalue weighted by molar-refractivity contribution is -0.384. The molecule has 0 radical (unpaired) electrons. The number of carbonyl (C=O) groups is 1. The van der Waals surface area contributed by atoms with Crippen LogP contribution in [0.4, 0.5) is 11.4 Å². The molecule has 2 saturated heterocycles. The molecule has 1 aromatic rings. The Labute approximate surface area is 173 Å². The predicted octanol–water partition coefficient (Wildman–Crippen LogP) is 4.67. The van der Waals surface area contributed by atoms with E-state index in [-0.39, 0.29) is 16.4 Å². The molecule has 0 aromatic heterocycles. The average molecular weight is 400 g/mol. The van der Waals surface area contributed by atoms with E-state index in [1.807, 2.05) is 0 Å². The van der Waals surface area contributed by atoms with E-state index in [0.717, 1.165) is 38.8 Å². The van der Waals surface area contributed by atoms with Gasteiger partial charge in [0.05, 0.1) is 4.92 Å². The summed E-state index contributed by atoms with van der Waals surface area (Å²) in [6.45, 7) is 5.41. The molecule has 2 heterocycles. The lowest BCUT2D eigenvalue weighted by Gasteiger charge is -2.35. The summed E-state index contributed by atoms with van der Waals surface area (Å²) in [5, 5.41) is 11.7. The first-order chi connectivity index (χ1) is 14.1. The summed E-state index contributed by atoms with van der Waals surface area (Å²) in [4.78, 5) is 28.5. The van der Waals surface area contributed by atoms with E-state index in [2.05, 4.69) is 9.80 Å². The molecule has 3 aliphatic rings. The third-order valence-electron chi connectivity index (χ3n) is 6.92. The fourth-order valence-corrected chi connectivity index (χ4v) is 4.82. The Balaban J connectivity index is 1.34. The molecule has 1 aromatic carbocycles. The fourth-order valence-electron chi connectivity index (χ4n) is 4.82. The minimum atomic E-state index is -0.328. The van der Waals surface area contributed by atoms with E-state index in [0.29, 0.717) is 29.5 Å². The van der Waals surface area contributed by atoms with Crippen LogP contribution < -0.4 is 4.90 Å². The zero-order valence-corrected chi connectivity index (χ0v) is 17.4. The summed E-state index contributed by atoms with van der Waals surface area (Å²) in [6, 6.07) is 5.09. The zero-order chi connectivity index (χ0) is 20.2. The van der Waals surface area contributed by atoms with Crippen molar-refractivity contribution in [3.05, 3.63) is 33.9 Å². The van der Waals surface area contributed by atoms with Gasteiger partial charge in [-0.2, -0.15) is 0 Å². The predicted molar refractivity (Wildman–Crippen MR) is 115 cm³/mol. The molecule has 6 heteroatoms. The zero-order valence-electron chi connectivity index (χ0n) is 17.4. The first-order valence-corrected chi connectivity index (χ1v) is 11.4. The molecule has 158 valence electrons. The molecular weight excluding hydrogens is 366 g/mol. The highest BCUT2D eigenvalue weighted by Crippen LogP contribution is 2.36. The summed E-state index contributed by atoms with van der Waals surface area (Å²) >= 11 is 0. The molecular formula is C23H33N3O3. The highest BCUT2D eigenvalue weighted by Gasteiger charge is 2.28. The summed E-state index contributed by atoms with van der Waals surface area (Å²) in [5.74, 6) is 1.25. The third kappa shape index (κ3) is 5.35. The topological polar surface area (TPSA) is 66.7 Å². The molecule has 1 saturated carbocycles. The van der Waals surface area contributed by atoms with Crippen LogP contribution in [0.5, 0.6) is 0 Å². The van der Waals surface area contributed by atoms with Crippen molar-refractivity contribution >= 4 is 17.2 Å². The summed E-state index contributed by atoms with van der Waals surface area (Å²) in [7, 11) is 0. The lowest BCUT2D eigenvalue weighted by atomic mass is 9.92. The van der Waals surface area contributed by atoms with E-state index in [1.165, 1.54) is 51.4 Å². The van der Waals surface area contributed by atoms with Crippen LogP contribution >= 0.6 is 0 Å². The second-order valence-corrected chi connectivity index (χ2v) is 9.15. The summed E-state index contributed by atoms with van der Waals surface area (Å²) < 4.78 is 0. The average Bonchev–Trinajstić information content (AvgIpc) is 3.57. The van der Waals surface area contributed by atoms with Crippen molar-refractivity contribution < 1.29 is 9.72 Å². The molecule has 0 atom stereocenters. The molecule has 6 nitrogen and oxygen atoms in total. The van der Waals surface area contributed by atoms with E-state index in [1.54, 1.807) is 12.1 Å². The maximum Gasteiger partial charge on any atom is 0.293 e. The number of likely N-dealkylation sites (tertiary alicyclic amines) is 1. The Morgan fingerprint density at radius 2 is 1.72 bits per heavy atom. The number of nitro benzene ring substituents is 1. The maximum absolute atomic E-state index is 12.4. The molecule has 2 aliphatic heterocycles. The van der Waals surface area contributed by atoms with Gasteiger partial charge in [-0.25, -0.2) is 0 Å². The molecule has 4 rings (SSSR count). The third-order valence-corrected chi connectivity index (χ3v) is 6.92. The number of hydrogen-bond donors (Lipinski definition) is 0. The second-order valence-electron chi connectivity index (χ2n) is 9.15. The summed E-state index contributed by atoms with van der Waals surface area (Å²) in [6.07, 6.45) is 10.2. The minimum absolute atomic E-state index is 0.0403. The molecule has 0 unspecified atom stereocenters. The quantitative estimate of drug-likeness (QED) is 0.361. The first-order valence-electron chi connectivity index (χ1n) is 11.4. The number of carbonyl (C=O) groups excluding carboxylic acids is 1. The Morgan fingerprint density at radius 1 is 1.00 bits per heavy atom. The normalized spacial score (nSPS) is 21.3. The van der Waals surface area contributed by atoms with Gasteiger partial charge in [0.15, 0.2) is 5.78 Å². The van der Waals surface area contributed by atoms with E-state index in [4.69, 9.17) is 0 Å². The van der Waals surface area contributed by atoms with Crippen molar-refractivity contribution in [2.45, 2.75) is 57.8 Å². The van der Waals surface area contributed by atoms with Crippen molar-refractivity contribution in [1.29, 1.82) is 0 Å². The van der Waals surface area contributed by atoms with Crippen LogP contribution in [0.1, 0.15) is 68.1 Å². The van der Waals surface area contributed by atoms with Gasteiger partial charge in [-0.15, -0.1) is 0 Å². The fraction of sp³-hybridized carbons (Fsp3) is 0.696. The maximum atomic E-state index is 12.4. The number of anilines is 1. The number of nitrogens with zero attached hydrogens (tertiary/aromatic N) is 3. The van der Waals surface area contributed by atoms with Gasteiger partial charge in [0, 0.05) is 31.1 Å². The van der Waals surface area contributed by atoms with Crippen molar-refractivity contribution in [2.24, 2.45) is 11.8 Å². The molecule has 1 aliphatic carbocycles. The molecule has 0 bridgehead atoms. The van der Waals surface area contributed by atoms with Gasteiger partial charge in [-0.1, -0.05) is 6.42 Å². The van der Waals surface area contributed by atoms with Crippen LogP contribution in [0, 0.1) is 22.0 Å². The van der Waals surface area contributed by atoms with Crippen LogP contribution in [0.3, 0.4) is 0 Å². The van der Waals surface area contributed by atoms with Gasteiger partial charge in [-0.05, 0) is 88.5 Å². The van der Waals surface area contributed by atoms with Gasteiger partial charge in [0.1, 0.15) is 5.69 Å². The number of nitro groups is 1. The first kappa shape index (κ1) is 20.3. The SMILES string of the molecule is O=C(CC1CC1)c1ccc(N2CCC(CCN3CCCCC3)CC2)c([N+](=O)[O-])c1. The van der Waals surface area contributed by atoms with Crippen LogP contribution in [0.15, 0.2) is 18.2 Å². The van der Waals surface area contributed by atoms with Crippen molar-refractivity contribution in [2.75, 3.05) is 37.6 Å². The number of Topliss-reactive ketones (excluding diaryl/α,β-unsaturated/α-hetero) is 1. The van der Waals surface area contributed by atoms with Gasteiger partial charge < -0.3 is 9.80 Å². The smallest absolute Gasteiger partial charge is 0.293 e. The molecule has 3 fully saturated rings. The van der Waals surface area contributed by atoms with Crippen LogP contribution in [-0.2, 0) is 0 Å². The Morgan fingerprint density at radius 3 is 2.38 bits per heavy atom. The monoisotopic (exact) mass is 399 g/mol. The molecule has 0 amide bonds. The highest BCUT2D eigenvalue weighted by molar-refractivity contribution is 5.97. The second kappa shape index (κ2) is 9.24. The van der Waals surface area contributed by atoms with Gasteiger partial charge in [0.2, 0.25) is 0 Å². The van der Waals surface area contributed by atoms with Crippen molar-refractivity contribution in [3.63, 3.8) is 0 Å². The largest absolute Gasteiger partial charge is 0.366 e. The Hall–Kier alpha value is -1.95. The number of piperidine rings is 2. The molecule has 29 heavy (non-hydrogen) atoms. The number of ketones is 1. The molecule has 0 spiro atoms. The van der Waals surface area contributed by atoms with Crippen LogP contribution in [-0.4, -0.2) is 48.3 Å². The highest BCUT2D eigenvalue weighted by atomic mass is 16.6. The van der Waals surface area contributed by atoms with Crippen molar-refractivity contribution in [3.8, 4) is 0 Å². The Kier molecular flexibility index (Phi) is 6.48. The molecule has 0 N–H and O–H groups in total. The minimum Gasteiger partial charge on any atom is -0.366 e. The standard InChI is InChI=1S/C23H33N3O3/c27-23(16-19-4-5-19)20-6-7-21(22(17-20)26(28)29)25-14-9-18(10-15-25)8-13-24-11-2-1-3-12-24/h6-7,17-19H,1-5,8-16H2. The van der Waals surface area contributed by atoms with Crippen LogP contribution in [0.2, 0.25) is 0 Å². The Bertz CT molecular complexity index is 733. The number of benzene rings is 1. The summed E-state index contributed by atoms with van der Waals surface area (Å²) in [5.41, 5.74) is 1.25. The number of rotatable bonds is 8.